The third kappa shape index (κ3) is 6.29. The number of nitrogens with zero attached hydrogens (tertiary/aromatic N) is 1. The standard InChI is InChI=1S/C21H22ClF2NO5/c22-17-2-1-3-18(30-21(23)24)16(17)13-29-15-6-4-14(5-7-15)19-12-25(10-11-28-19)9-8-20(26)27/h1-7,19,21H,8-13H2,(H,26,27). The van der Waals surface area contributed by atoms with Crippen molar-refractivity contribution in [3.63, 3.8) is 0 Å². The summed E-state index contributed by atoms with van der Waals surface area (Å²) in [5.74, 6) is -0.299. The normalized spacial score (nSPS) is 17.1. The van der Waals surface area contributed by atoms with Crippen LogP contribution in [0.5, 0.6) is 11.5 Å². The Morgan fingerprint density at radius 2 is 2.03 bits per heavy atom. The number of halogens is 3. The first-order chi connectivity index (χ1) is 14.4. The molecule has 0 saturated carbocycles. The third-order valence-corrected chi connectivity index (χ3v) is 5.07. The molecule has 1 atom stereocenters. The van der Waals surface area contributed by atoms with Crippen molar-refractivity contribution >= 4 is 17.6 Å². The summed E-state index contributed by atoms with van der Waals surface area (Å²) in [4.78, 5) is 12.8. The Morgan fingerprint density at radius 3 is 2.73 bits per heavy atom. The largest absolute Gasteiger partial charge is 0.489 e. The lowest BCUT2D eigenvalue weighted by Gasteiger charge is -2.32. The van der Waals surface area contributed by atoms with Crippen molar-refractivity contribution in [1.29, 1.82) is 0 Å². The van der Waals surface area contributed by atoms with Crippen LogP contribution in [-0.4, -0.2) is 48.8 Å². The Morgan fingerprint density at radius 1 is 1.27 bits per heavy atom. The van der Waals surface area contributed by atoms with Gasteiger partial charge in [-0.25, -0.2) is 0 Å². The smallest absolute Gasteiger partial charge is 0.387 e. The number of carboxylic acids is 1. The summed E-state index contributed by atoms with van der Waals surface area (Å²) in [5, 5.41) is 9.12. The zero-order chi connectivity index (χ0) is 21.5. The van der Waals surface area contributed by atoms with Crippen molar-refractivity contribution in [2.75, 3.05) is 26.2 Å². The lowest BCUT2D eigenvalue weighted by Crippen LogP contribution is -2.39. The first-order valence-electron chi connectivity index (χ1n) is 9.43. The fourth-order valence-corrected chi connectivity index (χ4v) is 3.40. The molecular formula is C21H22ClF2NO5. The Hall–Kier alpha value is -2.42. The van der Waals surface area contributed by atoms with Gasteiger partial charge in [0.1, 0.15) is 18.1 Å². The van der Waals surface area contributed by atoms with Crippen LogP contribution in [0.3, 0.4) is 0 Å². The van der Waals surface area contributed by atoms with Gasteiger partial charge in [-0.1, -0.05) is 29.8 Å². The molecule has 1 fully saturated rings. The summed E-state index contributed by atoms with van der Waals surface area (Å²) in [5.41, 5.74) is 1.29. The Bertz CT molecular complexity index is 850. The molecule has 1 heterocycles. The van der Waals surface area contributed by atoms with Crippen molar-refractivity contribution in [3.8, 4) is 11.5 Å². The molecule has 3 rings (SSSR count). The molecule has 6 nitrogen and oxygen atoms in total. The van der Waals surface area contributed by atoms with E-state index in [9.17, 15) is 13.6 Å². The maximum absolute atomic E-state index is 12.6. The van der Waals surface area contributed by atoms with E-state index in [1.807, 2.05) is 12.1 Å². The van der Waals surface area contributed by atoms with Crippen LogP contribution in [0.15, 0.2) is 42.5 Å². The second kappa shape index (κ2) is 10.6. The number of carboxylic acid groups (broad SMARTS) is 1. The molecule has 2 aromatic rings. The minimum Gasteiger partial charge on any atom is -0.489 e. The molecule has 2 aromatic carbocycles. The number of alkyl halides is 2. The van der Waals surface area contributed by atoms with Crippen LogP contribution < -0.4 is 9.47 Å². The maximum Gasteiger partial charge on any atom is 0.387 e. The number of hydrogen-bond acceptors (Lipinski definition) is 5. The highest BCUT2D eigenvalue weighted by Gasteiger charge is 2.22. The molecule has 0 aromatic heterocycles. The lowest BCUT2D eigenvalue weighted by molar-refractivity contribution is -0.137. The summed E-state index contributed by atoms with van der Waals surface area (Å²) in [6.45, 7) is -0.650. The van der Waals surface area contributed by atoms with Crippen LogP contribution in [0.2, 0.25) is 5.02 Å². The molecular weight excluding hydrogens is 420 g/mol. The Balaban J connectivity index is 1.60. The van der Waals surface area contributed by atoms with E-state index < -0.39 is 12.6 Å². The van der Waals surface area contributed by atoms with E-state index in [2.05, 4.69) is 9.64 Å². The number of benzene rings is 2. The second-order valence-electron chi connectivity index (χ2n) is 6.76. The number of morpholine rings is 1. The average Bonchev–Trinajstić information content (AvgIpc) is 2.72. The summed E-state index contributed by atoms with van der Waals surface area (Å²) in [7, 11) is 0. The molecule has 0 aliphatic carbocycles. The van der Waals surface area contributed by atoms with E-state index in [0.717, 1.165) is 5.56 Å². The first kappa shape index (κ1) is 22.3. The zero-order valence-electron chi connectivity index (χ0n) is 16.1. The molecule has 1 aliphatic heterocycles. The molecule has 30 heavy (non-hydrogen) atoms. The van der Waals surface area contributed by atoms with Crippen molar-refractivity contribution < 1.29 is 32.9 Å². The van der Waals surface area contributed by atoms with Crippen molar-refractivity contribution in [2.24, 2.45) is 0 Å². The van der Waals surface area contributed by atoms with Gasteiger partial charge in [-0.2, -0.15) is 8.78 Å². The van der Waals surface area contributed by atoms with Gasteiger partial charge < -0.3 is 19.3 Å². The van der Waals surface area contributed by atoms with Gasteiger partial charge in [0.15, 0.2) is 0 Å². The van der Waals surface area contributed by atoms with E-state index in [1.54, 1.807) is 18.2 Å². The van der Waals surface area contributed by atoms with Crippen LogP contribution in [0, 0.1) is 0 Å². The van der Waals surface area contributed by atoms with E-state index in [-0.39, 0.29) is 29.9 Å². The summed E-state index contributed by atoms with van der Waals surface area (Å²) < 4.78 is 41.2. The molecule has 0 bridgehead atoms. The minimum atomic E-state index is -2.95. The van der Waals surface area contributed by atoms with E-state index in [0.29, 0.717) is 37.6 Å². The monoisotopic (exact) mass is 441 g/mol. The van der Waals surface area contributed by atoms with Gasteiger partial charge in [-0.15, -0.1) is 0 Å². The second-order valence-corrected chi connectivity index (χ2v) is 7.16. The number of ether oxygens (including phenoxy) is 3. The summed E-state index contributed by atoms with van der Waals surface area (Å²) in [6.07, 6.45) is -0.0603. The molecule has 0 spiro atoms. The Kier molecular flexibility index (Phi) is 7.84. The quantitative estimate of drug-likeness (QED) is 0.623. The summed E-state index contributed by atoms with van der Waals surface area (Å²) >= 11 is 6.10. The number of hydrogen-bond donors (Lipinski definition) is 1. The van der Waals surface area contributed by atoms with E-state index in [4.69, 9.17) is 26.2 Å². The van der Waals surface area contributed by atoms with E-state index >= 15 is 0 Å². The molecule has 1 N–H and O–H groups in total. The number of carbonyl (C=O) groups is 1. The molecule has 1 aliphatic rings. The van der Waals surface area contributed by atoms with Gasteiger partial charge in [0.25, 0.3) is 0 Å². The molecule has 1 unspecified atom stereocenters. The van der Waals surface area contributed by atoms with Gasteiger partial charge in [-0.3, -0.25) is 9.69 Å². The van der Waals surface area contributed by atoms with Crippen molar-refractivity contribution in [2.45, 2.75) is 25.7 Å². The predicted octanol–water partition coefficient (Wildman–Crippen LogP) is 4.37. The highest BCUT2D eigenvalue weighted by atomic mass is 35.5. The average molecular weight is 442 g/mol. The van der Waals surface area contributed by atoms with Crippen LogP contribution in [0.4, 0.5) is 8.78 Å². The van der Waals surface area contributed by atoms with Gasteiger partial charge in [0, 0.05) is 19.6 Å². The summed E-state index contributed by atoms with van der Waals surface area (Å²) in [6, 6.07) is 11.8. The molecule has 0 amide bonds. The number of rotatable bonds is 9. The fourth-order valence-electron chi connectivity index (χ4n) is 3.18. The van der Waals surface area contributed by atoms with Gasteiger partial charge in [0.05, 0.1) is 29.7 Å². The highest BCUT2D eigenvalue weighted by molar-refractivity contribution is 6.31. The van der Waals surface area contributed by atoms with Crippen LogP contribution >= 0.6 is 11.6 Å². The molecule has 9 heteroatoms. The SMILES string of the molecule is O=C(O)CCN1CCOC(c2ccc(OCc3c(Cl)cccc3OC(F)F)cc2)C1. The Labute approximate surface area is 177 Å². The van der Waals surface area contributed by atoms with Crippen LogP contribution in [0.1, 0.15) is 23.7 Å². The minimum absolute atomic E-state index is 0.0221. The topological polar surface area (TPSA) is 68.2 Å². The van der Waals surface area contributed by atoms with Gasteiger partial charge >= 0.3 is 12.6 Å². The van der Waals surface area contributed by atoms with Crippen molar-refractivity contribution in [3.05, 3.63) is 58.6 Å². The lowest BCUT2D eigenvalue weighted by atomic mass is 10.1. The van der Waals surface area contributed by atoms with Gasteiger partial charge in [0.2, 0.25) is 0 Å². The molecule has 162 valence electrons. The molecule has 1 saturated heterocycles. The molecule has 0 radical (unpaired) electrons. The highest BCUT2D eigenvalue weighted by Crippen LogP contribution is 2.30. The van der Waals surface area contributed by atoms with Gasteiger partial charge in [-0.05, 0) is 29.8 Å². The third-order valence-electron chi connectivity index (χ3n) is 4.72. The fraction of sp³-hybridized carbons (Fsp3) is 0.381. The predicted molar refractivity (Wildman–Crippen MR) is 106 cm³/mol. The first-order valence-corrected chi connectivity index (χ1v) is 9.81. The van der Waals surface area contributed by atoms with Crippen LogP contribution in [0.25, 0.3) is 0 Å². The van der Waals surface area contributed by atoms with Crippen LogP contribution in [-0.2, 0) is 16.1 Å². The number of aliphatic carboxylic acids is 1. The maximum atomic E-state index is 12.6. The van der Waals surface area contributed by atoms with E-state index in [1.165, 1.54) is 12.1 Å². The zero-order valence-corrected chi connectivity index (χ0v) is 16.9. The van der Waals surface area contributed by atoms with Crippen molar-refractivity contribution in [1.82, 2.24) is 4.90 Å².